The van der Waals surface area contributed by atoms with Gasteiger partial charge in [-0.3, -0.25) is 10.1 Å². The van der Waals surface area contributed by atoms with E-state index in [1.54, 1.807) is 23.9 Å². The predicted octanol–water partition coefficient (Wildman–Crippen LogP) is 5.47. The van der Waals surface area contributed by atoms with E-state index in [-0.39, 0.29) is 5.91 Å². The van der Waals surface area contributed by atoms with Crippen molar-refractivity contribution in [1.29, 1.82) is 0 Å². The molecule has 4 aromatic rings. The molecule has 4 aromatic heterocycles. The fourth-order valence-corrected chi connectivity index (χ4v) is 5.21. The summed E-state index contributed by atoms with van der Waals surface area (Å²) in [7, 11) is 0. The molecular weight excluding hydrogens is 368 g/mol. The first-order chi connectivity index (χ1) is 12.8. The van der Waals surface area contributed by atoms with E-state index in [0.29, 0.717) is 22.3 Å². The van der Waals surface area contributed by atoms with Crippen LogP contribution < -0.4 is 5.32 Å². The highest BCUT2D eigenvalue weighted by atomic mass is 32.1. The Morgan fingerprint density at radius 2 is 1.88 bits per heavy atom. The van der Waals surface area contributed by atoms with E-state index in [4.69, 9.17) is 8.83 Å². The lowest BCUT2D eigenvalue weighted by atomic mass is 10.2. The summed E-state index contributed by atoms with van der Waals surface area (Å²) in [5.41, 5.74) is 1.98. The van der Waals surface area contributed by atoms with Gasteiger partial charge in [-0.05, 0) is 55.2 Å². The van der Waals surface area contributed by atoms with Gasteiger partial charge in [-0.1, -0.05) is 11.3 Å². The van der Waals surface area contributed by atoms with E-state index in [1.807, 2.05) is 30.3 Å². The van der Waals surface area contributed by atoms with Crippen molar-refractivity contribution in [1.82, 2.24) is 4.98 Å². The van der Waals surface area contributed by atoms with Gasteiger partial charge in [-0.25, -0.2) is 4.98 Å². The SMILES string of the molecule is O=C(Nc1nc(-c2ccco2)c(-c2ccco2)s1)c1cc2c(s1)CCC2. The first kappa shape index (κ1) is 15.6. The Morgan fingerprint density at radius 1 is 1.08 bits per heavy atom. The summed E-state index contributed by atoms with van der Waals surface area (Å²) in [6, 6.07) is 9.36. The standard InChI is InChI=1S/C19H14N2O3S2/c22-18(15-10-11-4-1-7-14(11)25-15)21-19-20-16(12-5-2-8-23-12)17(26-19)13-6-3-9-24-13/h2-3,5-6,8-10H,1,4,7H2,(H,20,21,22). The summed E-state index contributed by atoms with van der Waals surface area (Å²) in [5, 5.41) is 3.46. The third kappa shape index (κ3) is 2.69. The summed E-state index contributed by atoms with van der Waals surface area (Å²) in [6.07, 6.45) is 6.56. The fourth-order valence-electron chi connectivity index (χ4n) is 3.13. The van der Waals surface area contributed by atoms with Crippen molar-refractivity contribution >= 4 is 33.7 Å². The minimum atomic E-state index is -0.116. The van der Waals surface area contributed by atoms with Crippen LogP contribution in [0, 0.1) is 0 Å². The summed E-state index contributed by atoms with van der Waals surface area (Å²) in [4.78, 5) is 20.1. The number of carbonyl (C=O) groups excluding carboxylic acids is 1. The van der Waals surface area contributed by atoms with Crippen LogP contribution in [0.25, 0.3) is 22.1 Å². The number of aryl methyl sites for hydroxylation is 2. The lowest BCUT2D eigenvalue weighted by Crippen LogP contribution is -2.09. The van der Waals surface area contributed by atoms with Crippen LogP contribution >= 0.6 is 22.7 Å². The molecule has 7 heteroatoms. The molecule has 5 nitrogen and oxygen atoms in total. The Hall–Kier alpha value is -2.64. The Balaban J connectivity index is 1.47. The number of carbonyl (C=O) groups is 1. The second-order valence-corrected chi connectivity index (χ2v) is 8.15. The molecule has 1 aliphatic rings. The van der Waals surface area contributed by atoms with Crippen molar-refractivity contribution in [3.63, 3.8) is 0 Å². The lowest BCUT2D eigenvalue weighted by molar-refractivity contribution is 0.103. The summed E-state index contributed by atoms with van der Waals surface area (Å²) >= 11 is 2.96. The normalized spacial score (nSPS) is 13.1. The number of hydrogen-bond donors (Lipinski definition) is 1. The van der Waals surface area contributed by atoms with Crippen LogP contribution in [0.15, 0.2) is 51.7 Å². The topological polar surface area (TPSA) is 68.3 Å². The largest absolute Gasteiger partial charge is 0.463 e. The summed E-state index contributed by atoms with van der Waals surface area (Å²) in [5.74, 6) is 1.22. The molecule has 26 heavy (non-hydrogen) atoms. The number of fused-ring (bicyclic) bond motifs is 1. The lowest BCUT2D eigenvalue weighted by Gasteiger charge is -1.98. The van der Waals surface area contributed by atoms with Crippen molar-refractivity contribution in [2.45, 2.75) is 19.3 Å². The van der Waals surface area contributed by atoms with Gasteiger partial charge in [0.1, 0.15) is 16.3 Å². The number of hydrogen-bond acceptors (Lipinski definition) is 6. The number of nitrogens with zero attached hydrogens (tertiary/aromatic N) is 1. The van der Waals surface area contributed by atoms with Crippen molar-refractivity contribution < 1.29 is 13.6 Å². The molecule has 0 fully saturated rings. The maximum Gasteiger partial charge on any atom is 0.267 e. The Kier molecular flexibility index (Phi) is 3.76. The summed E-state index contributed by atoms with van der Waals surface area (Å²) in [6.45, 7) is 0. The van der Waals surface area contributed by atoms with Gasteiger partial charge in [0, 0.05) is 4.88 Å². The molecule has 4 heterocycles. The minimum absolute atomic E-state index is 0.116. The molecule has 0 saturated carbocycles. The molecule has 0 unspecified atom stereocenters. The molecule has 0 saturated heterocycles. The second-order valence-electron chi connectivity index (χ2n) is 6.02. The van der Waals surface area contributed by atoms with Crippen molar-refractivity contribution in [3.8, 4) is 22.1 Å². The van der Waals surface area contributed by atoms with Gasteiger partial charge in [-0.15, -0.1) is 11.3 Å². The number of anilines is 1. The number of rotatable bonds is 4. The zero-order valence-corrected chi connectivity index (χ0v) is 15.3. The first-order valence-electron chi connectivity index (χ1n) is 8.29. The summed E-state index contributed by atoms with van der Waals surface area (Å²) < 4.78 is 11.0. The zero-order chi connectivity index (χ0) is 17.5. The minimum Gasteiger partial charge on any atom is -0.463 e. The number of furan rings is 2. The molecule has 1 N–H and O–H groups in total. The van der Waals surface area contributed by atoms with E-state index >= 15 is 0 Å². The van der Waals surface area contributed by atoms with Crippen LogP contribution in [0.3, 0.4) is 0 Å². The fraction of sp³-hybridized carbons (Fsp3) is 0.158. The Morgan fingerprint density at radius 3 is 2.62 bits per heavy atom. The molecular formula is C19H14N2O3S2. The second kappa shape index (κ2) is 6.26. The van der Waals surface area contributed by atoms with E-state index in [9.17, 15) is 4.79 Å². The molecule has 1 amide bonds. The Labute approximate surface area is 157 Å². The van der Waals surface area contributed by atoms with Crippen LogP contribution in [0.1, 0.15) is 26.5 Å². The maximum atomic E-state index is 12.6. The van der Waals surface area contributed by atoms with Gasteiger partial charge < -0.3 is 8.83 Å². The van der Waals surface area contributed by atoms with E-state index in [1.165, 1.54) is 28.2 Å². The highest BCUT2D eigenvalue weighted by molar-refractivity contribution is 7.19. The van der Waals surface area contributed by atoms with Crippen molar-refractivity contribution in [3.05, 3.63) is 58.2 Å². The van der Waals surface area contributed by atoms with Gasteiger partial charge in [0.25, 0.3) is 5.91 Å². The molecule has 1 aliphatic carbocycles. The maximum absolute atomic E-state index is 12.6. The molecule has 0 bridgehead atoms. The quantitative estimate of drug-likeness (QED) is 0.508. The molecule has 0 radical (unpaired) electrons. The van der Waals surface area contributed by atoms with Crippen LogP contribution in [-0.2, 0) is 12.8 Å². The number of thiophene rings is 1. The molecule has 0 spiro atoms. The van der Waals surface area contributed by atoms with E-state index in [0.717, 1.165) is 22.6 Å². The van der Waals surface area contributed by atoms with Crippen LogP contribution in [0.5, 0.6) is 0 Å². The first-order valence-corrected chi connectivity index (χ1v) is 9.93. The third-order valence-corrected chi connectivity index (χ3v) is 6.54. The smallest absolute Gasteiger partial charge is 0.267 e. The van der Waals surface area contributed by atoms with Crippen LogP contribution in [0.4, 0.5) is 5.13 Å². The average Bonchev–Trinajstić information content (AvgIpc) is 3.41. The number of amides is 1. The molecule has 5 rings (SSSR count). The number of thiazole rings is 1. The van der Waals surface area contributed by atoms with Gasteiger partial charge in [0.2, 0.25) is 0 Å². The molecule has 130 valence electrons. The molecule has 0 atom stereocenters. The number of aromatic nitrogens is 1. The number of nitrogens with one attached hydrogen (secondary N) is 1. The predicted molar refractivity (Wildman–Crippen MR) is 102 cm³/mol. The third-order valence-electron chi connectivity index (χ3n) is 4.32. The highest BCUT2D eigenvalue weighted by Crippen LogP contribution is 2.40. The van der Waals surface area contributed by atoms with Gasteiger partial charge in [0.15, 0.2) is 10.9 Å². The van der Waals surface area contributed by atoms with Crippen molar-refractivity contribution in [2.75, 3.05) is 5.32 Å². The van der Waals surface area contributed by atoms with Gasteiger partial charge in [-0.2, -0.15) is 0 Å². The monoisotopic (exact) mass is 382 g/mol. The molecule has 0 aromatic carbocycles. The Bertz CT molecular complexity index is 986. The van der Waals surface area contributed by atoms with Gasteiger partial charge in [0.05, 0.1) is 17.4 Å². The zero-order valence-electron chi connectivity index (χ0n) is 13.7. The van der Waals surface area contributed by atoms with Gasteiger partial charge >= 0.3 is 0 Å². The van der Waals surface area contributed by atoms with Crippen LogP contribution in [0.2, 0.25) is 0 Å². The van der Waals surface area contributed by atoms with Crippen molar-refractivity contribution in [2.24, 2.45) is 0 Å². The highest BCUT2D eigenvalue weighted by Gasteiger charge is 2.22. The average molecular weight is 382 g/mol. The van der Waals surface area contributed by atoms with E-state index < -0.39 is 0 Å². The van der Waals surface area contributed by atoms with Crippen LogP contribution in [-0.4, -0.2) is 10.9 Å². The molecule has 0 aliphatic heterocycles. The van der Waals surface area contributed by atoms with E-state index in [2.05, 4.69) is 10.3 Å².